The third kappa shape index (κ3) is 2.85. The number of hydrogen-bond donors (Lipinski definition) is 1. The number of nitrogens with zero attached hydrogens (tertiary/aromatic N) is 3. The van der Waals surface area contributed by atoms with E-state index in [4.69, 9.17) is 0 Å². The Morgan fingerprint density at radius 3 is 2.68 bits per heavy atom. The van der Waals surface area contributed by atoms with Crippen molar-refractivity contribution in [3.05, 3.63) is 71.8 Å². The minimum absolute atomic E-state index is 0.115. The zero-order valence-electron chi connectivity index (χ0n) is 11.8. The second kappa shape index (κ2) is 5.77. The number of carbonyl (C=O) groups excluding carboxylic acids is 1. The molecule has 1 aromatic heterocycles. The number of rotatable bonds is 3. The lowest BCUT2D eigenvalue weighted by molar-refractivity contribution is 0.102. The van der Waals surface area contributed by atoms with Gasteiger partial charge in [0.15, 0.2) is 5.69 Å². The fourth-order valence-corrected chi connectivity index (χ4v) is 1.96. The third-order valence-electron chi connectivity index (χ3n) is 3.08. The Hall–Kier alpha value is -3.02. The van der Waals surface area contributed by atoms with Gasteiger partial charge in [-0.2, -0.15) is 9.90 Å². The molecule has 3 aromatic rings. The van der Waals surface area contributed by atoms with Crippen molar-refractivity contribution >= 4 is 11.6 Å². The van der Waals surface area contributed by atoms with E-state index in [2.05, 4.69) is 15.5 Å². The van der Waals surface area contributed by atoms with Gasteiger partial charge in [0.2, 0.25) is 0 Å². The predicted octanol–water partition coefficient (Wildman–Crippen LogP) is 2.97. The van der Waals surface area contributed by atoms with E-state index in [1.807, 2.05) is 30.3 Å². The number of aryl methyl sites for hydroxylation is 1. The maximum atomic E-state index is 13.7. The second-order valence-corrected chi connectivity index (χ2v) is 4.79. The minimum Gasteiger partial charge on any atom is -0.318 e. The van der Waals surface area contributed by atoms with Crippen LogP contribution in [0.15, 0.2) is 54.7 Å². The number of para-hydroxylation sites is 1. The molecular formula is C16H13FN4O. The lowest BCUT2D eigenvalue weighted by Crippen LogP contribution is -2.14. The van der Waals surface area contributed by atoms with Gasteiger partial charge in [-0.3, -0.25) is 4.79 Å². The Bertz CT molecular complexity index is 814. The molecule has 0 bridgehead atoms. The molecule has 0 spiro atoms. The first-order chi connectivity index (χ1) is 10.6. The third-order valence-corrected chi connectivity index (χ3v) is 3.08. The Morgan fingerprint density at radius 2 is 1.95 bits per heavy atom. The monoisotopic (exact) mass is 296 g/mol. The van der Waals surface area contributed by atoms with E-state index in [1.54, 1.807) is 13.0 Å². The second-order valence-electron chi connectivity index (χ2n) is 4.79. The van der Waals surface area contributed by atoms with Crippen molar-refractivity contribution in [2.45, 2.75) is 6.92 Å². The topological polar surface area (TPSA) is 59.8 Å². The molecule has 0 aliphatic rings. The normalized spacial score (nSPS) is 10.5. The first-order valence-corrected chi connectivity index (χ1v) is 6.69. The van der Waals surface area contributed by atoms with E-state index in [0.717, 1.165) is 11.3 Å². The van der Waals surface area contributed by atoms with Crippen LogP contribution in [0.25, 0.3) is 5.69 Å². The largest absolute Gasteiger partial charge is 0.318 e. The summed E-state index contributed by atoms with van der Waals surface area (Å²) in [6.45, 7) is 1.78. The van der Waals surface area contributed by atoms with Gasteiger partial charge in [0.25, 0.3) is 5.91 Å². The van der Waals surface area contributed by atoms with Gasteiger partial charge in [-0.15, -0.1) is 5.10 Å². The number of hydrogen-bond acceptors (Lipinski definition) is 3. The molecule has 1 amide bonds. The van der Waals surface area contributed by atoms with Gasteiger partial charge in [-0.25, -0.2) is 4.39 Å². The molecule has 0 saturated heterocycles. The molecule has 3 rings (SSSR count). The fraction of sp³-hybridized carbons (Fsp3) is 0.0625. The van der Waals surface area contributed by atoms with E-state index in [1.165, 1.54) is 23.1 Å². The van der Waals surface area contributed by atoms with Crippen LogP contribution in [0.3, 0.4) is 0 Å². The van der Waals surface area contributed by atoms with E-state index in [9.17, 15) is 9.18 Å². The highest BCUT2D eigenvalue weighted by Gasteiger charge is 2.13. The Balaban J connectivity index is 1.80. The van der Waals surface area contributed by atoms with Crippen LogP contribution in [0.1, 0.15) is 16.1 Å². The number of nitrogens with one attached hydrogen (secondary N) is 1. The molecule has 22 heavy (non-hydrogen) atoms. The highest BCUT2D eigenvalue weighted by molar-refractivity contribution is 6.02. The molecule has 6 heteroatoms. The predicted molar refractivity (Wildman–Crippen MR) is 80.4 cm³/mol. The zero-order valence-corrected chi connectivity index (χ0v) is 11.8. The molecular weight excluding hydrogens is 283 g/mol. The smallest absolute Gasteiger partial charge is 0.277 e. The summed E-state index contributed by atoms with van der Waals surface area (Å²) in [6.07, 6.45) is 1.34. The maximum absolute atomic E-state index is 13.7. The quantitative estimate of drug-likeness (QED) is 0.808. The molecule has 0 aliphatic heterocycles. The summed E-state index contributed by atoms with van der Waals surface area (Å²) in [4.78, 5) is 13.4. The van der Waals surface area contributed by atoms with Crippen molar-refractivity contribution in [1.29, 1.82) is 0 Å². The molecule has 110 valence electrons. The van der Waals surface area contributed by atoms with E-state index in [-0.39, 0.29) is 11.4 Å². The summed E-state index contributed by atoms with van der Waals surface area (Å²) < 4.78 is 13.7. The highest BCUT2D eigenvalue weighted by atomic mass is 19.1. The van der Waals surface area contributed by atoms with Crippen LogP contribution in [0.5, 0.6) is 0 Å². The Labute approximate surface area is 126 Å². The number of aromatic nitrogens is 3. The molecule has 0 unspecified atom stereocenters. The summed E-state index contributed by atoms with van der Waals surface area (Å²) >= 11 is 0. The van der Waals surface area contributed by atoms with Crippen LogP contribution in [0, 0.1) is 12.7 Å². The van der Waals surface area contributed by atoms with Gasteiger partial charge in [-0.05, 0) is 36.8 Å². The maximum Gasteiger partial charge on any atom is 0.277 e. The molecule has 0 fully saturated rings. The highest BCUT2D eigenvalue weighted by Crippen LogP contribution is 2.16. The molecule has 5 nitrogen and oxygen atoms in total. The van der Waals surface area contributed by atoms with Crippen LogP contribution in [0.2, 0.25) is 0 Å². The van der Waals surface area contributed by atoms with E-state index >= 15 is 0 Å². The summed E-state index contributed by atoms with van der Waals surface area (Å²) in [5.74, 6) is -0.992. The molecule has 1 N–H and O–H groups in total. The van der Waals surface area contributed by atoms with Crippen molar-refractivity contribution in [1.82, 2.24) is 15.0 Å². The SMILES string of the molecule is Cc1ccc(NC(=O)c2cnn(-c3ccccc3)n2)c(F)c1. The van der Waals surface area contributed by atoms with Gasteiger partial charge in [0.1, 0.15) is 5.82 Å². The molecule has 0 saturated carbocycles. The standard InChI is InChI=1S/C16H13FN4O/c1-11-7-8-14(13(17)9-11)19-16(22)15-10-18-21(20-15)12-5-3-2-4-6-12/h2-10H,1H3,(H,19,22). The van der Waals surface area contributed by atoms with E-state index in [0.29, 0.717) is 0 Å². The summed E-state index contributed by atoms with van der Waals surface area (Å²) in [6, 6.07) is 13.8. The Kier molecular flexibility index (Phi) is 3.65. The van der Waals surface area contributed by atoms with Crippen molar-refractivity contribution < 1.29 is 9.18 Å². The molecule has 0 atom stereocenters. The van der Waals surface area contributed by atoms with Gasteiger partial charge < -0.3 is 5.32 Å². The summed E-state index contributed by atoms with van der Waals surface area (Å²) in [5.41, 5.74) is 1.75. The van der Waals surface area contributed by atoms with Gasteiger partial charge in [0, 0.05) is 0 Å². The van der Waals surface area contributed by atoms with E-state index < -0.39 is 11.7 Å². The Morgan fingerprint density at radius 1 is 1.18 bits per heavy atom. The van der Waals surface area contributed by atoms with Gasteiger partial charge in [-0.1, -0.05) is 24.3 Å². The number of halogens is 1. The van der Waals surface area contributed by atoms with Gasteiger partial charge >= 0.3 is 0 Å². The van der Waals surface area contributed by atoms with Crippen LogP contribution >= 0.6 is 0 Å². The number of carbonyl (C=O) groups is 1. The zero-order chi connectivity index (χ0) is 15.5. The minimum atomic E-state index is -0.509. The fourth-order valence-electron chi connectivity index (χ4n) is 1.96. The van der Waals surface area contributed by atoms with Crippen molar-refractivity contribution in [3.8, 4) is 5.69 Å². The van der Waals surface area contributed by atoms with Crippen LogP contribution in [0.4, 0.5) is 10.1 Å². The molecule has 1 heterocycles. The molecule has 0 radical (unpaired) electrons. The number of benzene rings is 2. The van der Waals surface area contributed by atoms with Crippen molar-refractivity contribution in [2.75, 3.05) is 5.32 Å². The van der Waals surface area contributed by atoms with Crippen LogP contribution in [-0.4, -0.2) is 20.9 Å². The average molecular weight is 296 g/mol. The first kappa shape index (κ1) is 13.9. The average Bonchev–Trinajstić information content (AvgIpc) is 3.01. The lowest BCUT2D eigenvalue weighted by atomic mass is 10.2. The van der Waals surface area contributed by atoms with Crippen LogP contribution < -0.4 is 5.32 Å². The number of anilines is 1. The molecule has 2 aromatic carbocycles. The van der Waals surface area contributed by atoms with Gasteiger partial charge in [0.05, 0.1) is 17.6 Å². The molecule has 0 aliphatic carbocycles. The first-order valence-electron chi connectivity index (χ1n) is 6.69. The summed E-state index contributed by atoms with van der Waals surface area (Å²) in [7, 11) is 0. The van der Waals surface area contributed by atoms with Crippen LogP contribution in [-0.2, 0) is 0 Å². The number of amides is 1. The van der Waals surface area contributed by atoms with Crippen molar-refractivity contribution in [2.24, 2.45) is 0 Å². The lowest BCUT2D eigenvalue weighted by Gasteiger charge is -2.05. The van der Waals surface area contributed by atoms with Crippen molar-refractivity contribution in [3.63, 3.8) is 0 Å². The summed E-state index contributed by atoms with van der Waals surface area (Å²) in [5, 5.41) is 10.6.